The highest BCUT2D eigenvalue weighted by Gasteiger charge is 2.45. The highest BCUT2D eigenvalue weighted by molar-refractivity contribution is 7.09. The molecule has 2 saturated carbocycles. The molecule has 0 radical (unpaired) electrons. The van der Waals surface area contributed by atoms with Crippen LogP contribution in [0.2, 0.25) is 0 Å². The van der Waals surface area contributed by atoms with Crippen LogP contribution >= 0.6 is 11.3 Å². The summed E-state index contributed by atoms with van der Waals surface area (Å²) in [6.45, 7) is 0.543. The van der Waals surface area contributed by atoms with E-state index in [0.717, 1.165) is 5.01 Å². The number of aromatic carboxylic acids is 1. The van der Waals surface area contributed by atoms with Crippen molar-refractivity contribution in [2.75, 3.05) is 6.54 Å². The van der Waals surface area contributed by atoms with Crippen molar-refractivity contribution in [2.24, 2.45) is 17.8 Å². The minimum absolute atomic E-state index is 0.0881. The summed E-state index contributed by atoms with van der Waals surface area (Å²) in [7, 11) is 0. The Balaban J connectivity index is 1.46. The van der Waals surface area contributed by atoms with Crippen molar-refractivity contribution in [3.8, 4) is 0 Å². The molecule has 0 spiro atoms. The fourth-order valence-corrected chi connectivity index (χ4v) is 3.43. The molecule has 0 atom stereocenters. The van der Waals surface area contributed by atoms with Gasteiger partial charge in [0.05, 0.1) is 5.01 Å². The lowest BCUT2D eigenvalue weighted by molar-refractivity contribution is -0.126. The van der Waals surface area contributed by atoms with Crippen molar-refractivity contribution in [2.45, 2.75) is 32.1 Å². The van der Waals surface area contributed by atoms with Crippen LogP contribution in [0.1, 0.15) is 41.2 Å². The van der Waals surface area contributed by atoms with Crippen molar-refractivity contribution >= 4 is 23.2 Å². The molecule has 0 unspecified atom stereocenters. The van der Waals surface area contributed by atoms with Gasteiger partial charge in [-0.2, -0.15) is 0 Å². The summed E-state index contributed by atoms with van der Waals surface area (Å²) < 4.78 is 0. The number of hydrogen-bond donors (Lipinski definition) is 2. The van der Waals surface area contributed by atoms with Gasteiger partial charge >= 0.3 is 5.97 Å². The molecule has 1 aromatic rings. The first-order valence-electron chi connectivity index (χ1n) is 7.10. The Kier molecular flexibility index (Phi) is 3.74. The lowest BCUT2D eigenvalue weighted by Crippen LogP contribution is -2.34. The lowest BCUT2D eigenvalue weighted by Gasteiger charge is -2.14. The topological polar surface area (TPSA) is 79.3 Å². The maximum atomic E-state index is 12.2. The van der Waals surface area contributed by atoms with Gasteiger partial charge in [0, 0.05) is 24.3 Å². The molecule has 108 valence electrons. The number of carboxylic acid groups (broad SMARTS) is 1. The summed E-state index contributed by atoms with van der Waals surface area (Å²) in [6, 6.07) is 0. The molecule has 0 aliphatic heterocycles. The Morgan fingerprint density at radius 3 is 2.50 bits per heavy atom. The molecule has 20 heavy (non-hydrogen) atoms. The van der Waals surface area contributed by atoms with Crippen molar-refractivity contribution in [1.82, 2.24) is 10.3 Å². The Morgan fingerprint density at radius 2 is 2.00 bits per heavy atom. The number of nitrogens with zero attached hydrogens (tertiary/aromatic N) is 1. The quantitative estimate of drug-likeness (QED) is 0.805. The van der Waals surface area contributed by atoms with Crippen LogP contribution < -0.4 is 5.32 Å². The summed E-state index contributed by atoms with van der Waals surface area (Å²) >= 11 is 1.33. The molecule has 0 saturated heterocycles. The molecule has 2 N–H and O–H groups in total. The Bertz CT molecular complexity index is 508. The first-order chi connectivity index (χ1) is 9.65. The van der Waals surface area contributed by atoms with Crippen LogP contribution in [0.3, 0.4) is 0 Å². The van der Waals surface area contributed by atoms with Gasteiger partial charge in [-0.05, 0) is 37.5 Å². The molecule has 0 bridgehead atoms. The molecule has 2 fully saturated rings. The fraction of sp³-hybridized carbons (Fsp3) is 0.643. The van der Waals surface area contributed by atoms with Gasteiger partial charge in [-0.3, -0.25) is 4.79 Å². The number of rotatable bonds is 7. The van der Waals surface area contributed by atoms with Crippen LogP contribution in [0.4, 0.5) is 0 Å². The van der Waals surface area contributed by atoms with Gasteiger partial charge in [-0.25, -0.2) is 9.78 Å². The number of hydrogen-bond acceptors (Lipinski definition) is 4. The average Bonchev–Trinajstić information content (AvgIpc) is 3.33. The second-order valence-corrected chi connectivity index (χ2v) is 6.62. The van der Waals surface area contributed by atoms with Crippen LogP contribution in [0, 0.1) is 17.8 Å². The third-order valence-corrected chi connectivity index (χ3v) is 4.88. The molecule has 6 heteroatoms. The number of thiazole rings is 1. The van der Waals surface area contributed by atoms with Crippen LogP contribution in [0.25, 0.3) is 0 Å². The normalized spacial score (nSPS) is 18.2. The standard InChI is InChI=1S/C14H18N2O3S/c17-13(12(8-1-2-8)9-3-4-9)15-6-5-11-16-10(7-20-11)14(18)19/h7-9,12H,1-6H2,(H,15,17)(H,18,19). The Morgan fingerprint density at radius 1 is 1.35 bits per heavy atom. The molecule has 1 amide bonds. The monoisotopic (exact) mass is 294 g/mol. The second-order valence-electron chi connectivity index (χ2n) is 5.67. The molecule has 0 aromatic carbocycles. The van der Waals surface area contributed by atoms with Crippen LogP contribution in [-0.2, 0) is 11.2 Å². The van der Waals surface area contributed by atoms with Gasteiger partial charge in [0.2, 0.25) is 5.91 Å². The van der Waals surface area contributed by atoms with E-state index in [1.807, 2.05) is 0 Å². The third-order valence-electron chi connectivity index (χ3n) is 3.97. The molecule has 2 aliphatic rings. The molecule has 3 rings (SSSR count). The number of nitrogens with one attached hydrogen (secondary N) is 1. The molecular weight excluding hydrogens is 276 g/mol. The van der Waals surface area contributed by atoms with Gasteiger partial charge in [0.15, 0.2) is 5.69 Å². The van der Waals surface area contributed by atoms with Crippen LogP contribution in [0.15, 0.2) is 5.38 Å². The maximum Gasteiger partial charge on any atom is 0.355 e. The SMILES string of the molecule is O=C(O)c1csc(CCNC(=O)C(C2CC2)C2CC2)n1. The van der Waals surface area contributed by atoms with E-state index in [1.54, 1.807) is 0 Å². The average molecular weight is 294 g/mol. The van der Waals surface area contributed by atoms with Crippen LogP contribution in [0.5, 0.6) is 0 Å². The van der Waals surface area contributed by atoms with Gasteiger partial charge in [-0.1, -0.05) is 0 Å². The zero-order valence-electron chi connectivity index (χ0n) is 11.2. The van der Waals surface area contributed by atoms with E-state index in [9.17, 15) is 9.59 Å². The number of carbonyl (C=O) groups is 2. The predicted molar refractivity (Wildman–Crippen MR) is 74.7 cm³/mol. The van der Waals surface area contributed by atoms with E-state index in [-0.39, 0.29) is 17.5 Å². The van der Waals surface area contributed by atoms with Crippen molar-refractivity contribution in [3.63, 3.8) is 0 Å². The maximum absolute atomic E-state index is 12.2. The van der Waals surface area contributed by atoms with Crippen LogP contribution in [-0.4, -0.2) is 28.5 Å². The van der Waals surface area contributed by atoms with Crippen molar-refractivity contribution in [1.29, 1.82) is 0 Å². The predicted octanol–water partition coefficient (Wildman–Crippen LogP) is 1.94. The van der Waals surface area contributed by atoms with E-state index in [4.69, 9.17) is 5.11 Å². The summed E-state index contributed by atoms with van der Waals surface area (Å²) in [6.07, 6.45) is 5.39. The van der Waals surface area contributed by atoms with Gasteiger partial charge in [0.1, 0.15) is 0 Å². The third kappa shape index (κ3) is 3.17. The molecule has 1 heterocycles. The van der Waals surface area contributed by atoms with E-state index >= 15 is 0 Å². The van der Waals surface area contributed by atoms with Gasteiger partial charge < -0.3 is 10.4 Å². The summed E-state index contributed by atoms with van der Waals surface area (Å²) in [5.74, 6) is 0.631. The molecule has 5 nitrogen and oxygen atoms in total. The molecule has 1 aromatic heterocycles. The highest BCUT2D eigenvalue weighted by atomic mass is 32.1. The first-order valence-corrected chi connectivity index (χ1v) is 7.98. The summed E-state index contributed by atoms with van der Waals surface area (Å²) in [4.78, 5) is 26.9. The van der Waals surface area contributed by atoms with Gasteiger partial charge in [0.25, 0.3) is 0 Å². The second kappa shape index (κ2) is 5.52. The number of amides is 1. The Hall–Kier alpha value is -1.43. The minimum atomic E-state index is -1.00. The highest BCUT2D eigenvalue weighted by Crippen LogP contribution is 2.49. The van der Waals surface area contributed by atoms with E-state index in [1.165, 1.54) is 42.4 Å². The number of aromatic nitrogens is 1. The number of carboxylic acids is 1. The van der Waals surface area contributed by atoms with Crippen molar-refractivity contribution in [3.05, 3.63) is 16.1 Å². The lowest BCUT2D eigenvalue weighted by atomic mass is 9.97. The fourth-order valence-electron chi connectivity index (χ4n) is 2.66. The zero-order chi connectivity index (χ0) is 14.1. The zero-order valence-corrected chi connectivity index (χ0v) is 12.0. The van der Waals surface area contributed by atoms with Crippen molar-refractivity contribution < 1.29 is 14.7 Å². The largest absolute Gasteiger partial charge is 0.476 e. The van der Waals surface area contributed by atoms with Gasteiger partial charge in [-0.15, -0.1) is 11.3 Å². The smallest absolute Gasteiger partial charge is 0.355 e. The van der Waals surface area contributed by atoms with E-state index in [2.05, 4.69) is 10.3 Å². The van der Waals surface area contributed by atoms with E-state index < -0.39 is 5.97 Å². The first kappa shape index (κ1) is 13.5. The Labute approximate surface area is 121 Å². The van der Waals surface area contributed by atoms with E-state index in [0.29, 0.717) is 24.8 Å². The molecule has 2 aliphatic carbocycles. The summed E-state index contributed by atoms with van der Waals surface area (Å²) in [5, 5.41) is 14.1. The number of carbonyl (C=O) groups excluding carboxylic acids is 1. The molecular formula is C14H18N2O3S. The summed E-state index contributed by atoms with van der Waals surface area (Å²) in [5.41, 5.74) is 0.0881. The minimum Gasteiger partial charge on any atom is -0.476 e.